The fraction of sp³-hybridized carbons (Fsp3) is 0.188. The summed E-state index contributed by atoms with van der Waals surface area (Å²) in [5.74, 6) is -0.225. The standard InChI is InChI=1S/C16H15N7O/c1-11(2)19-16(24)15-7-8-23(22-15)14-5-3-12(4-6-14)20-21-13(9-17)10-18/h3-8,11,20H,1-2H3,(H,19,24). The maximum Gasteiger partial charge on any atom is 0.271 e. The molecule has 1 aromatic heterocycles. The number of hydrogen-bond acceptors (Lipinski definition) is 6. The molecule has 0 aliphatic heterocycles. The topological polar surface area (TPSA) is 119 Å². The third-order valence-corrected chi connectivity index (χ3v) is 2.88. The molecule has 1 aromatic carbocycles. The third kappa shape index (κ3) is 4.18. The minimum atomic E-state index is -0.257. The largest absolute Gasteiger partial charge is 0.348 e. The van der Waals surface area contributed by atoms with Gasteiger partial charge in [0.25, 0.3) is 5.91 Å². The molecule has 1 heterocycles. The van der Waals surface area contributed by atoms with Crippen LogP contribution < -0.4 is 10.7 Å². The molecule has 2 aromatic rings. The van der Waals surface area contributed by atoms with Gasteiger partial charge in [-0.2, -0.15) is 20.7 Å². The summed E-state index contributed by atoms with van der Waals surface area (Å²) < 4.78 is 1.58. The molecular weight excluding hydrogens is 306 g/mol. The van der Waals surface area contributed by atoms with Crippen molar-refractivity contribution >= 4 is 17.3 Å². The van der Waals surface area contributed by atoms with Crippen molar-refractivity contribution < 1.29 is 4.79 Å². The van der Waals surface area contributed by atoms with Crippen LogP contribution >= 0.6 is 0 Å². The molecule has 0 saturated carbocycles. The van der Waals surface area contributed by atoms with Crippen molar-refractivity contribution in [3.8, 4) is 17.8 Å². The summed E-state index contributed by atoms with van der Waals surface area (Å²) in [6, 6.07) is 12.0. The normalized spacial score (nSPS) is 9.71. The van der Waals surface area contributed by atoms with Gasteiger partial charge in [-0.15, -0.1) is 0 Å². The van der Waals surface area contributed by atoms with Crippen molar-refractivity contribution in [2.75, 3.05) is 5.43 Å². The number of rotatable bonds is 5. The van der Waals surface area contributed by atoms with E-state index >= 15 is 0 Å². The van der Waals surface area contributed by atoms with Crippen LogP contribution in [0.1, 0.15) is 24.3 Å². The Morgan fingerprint density at radius 1 is 1.21 bits per heavy atom. The predicted molar refractivity (Wildman–Crippen MR) is 88.4 cm³/mol. The number of amides is 1. The Balaban J connectivity index is 2.10. The van der Waals surface area contributed by atoms with Gasteiger partial charge in [0.2, 0.25) is 5.71 Å². The Morgan fingerprint density at radius 3 is 2.46 bits per heavy atom. The maximum atomic E-state index is 11.9. The van der Waals surface area contributed by atoms with Crippen LogP contribution in [0.3, 0.4) is 0 Å². The third-order valence-electron chi connectivity index (χ3n) is 2.88. The van der Waals surface area contributed by atoms with Gasteiger partial charge >= 0.3 is 0 Å². The van der Waals surface area contributed by atoms with E-state index in [0.29, 0.717) is 11.4 Å². The Morgan fingerprint density at radius 2 is 1.88 bits per heavy atom. The minimum absolute atomic E-state index is 0.0419. The summed E-state index contributed by atoms with van der Waals surface area (Å²) in [7, 11) is 0. The van der Waals surface area contributed by atoms with E-state index in [2.05, 4.69) is 20.9 Å². The first-order valence-corrected chi connectivity index (χ1v) is 7.14. The number of aromatic nitrogens is 2. The van der Waals surface area contributed by atoms with E-state index < -0.39 is 0 Å². The lowest BCUT2D eigenvalue weighted by atomic mass is 10.3. The lowest BCUT2D eigenvalue weighted by molar-refractivity contribution is 0.0937. The molecule has 0 bridgehead atoms. The summed E-state index contributed by atoms with van der Waals surface area (Å²) in [4.78, 5) is 11.9. The molecule has 8 heteroatoms. The molecule has 24 heavy (non-hydrogen) atoms. The van der Waals surface area contributed by atoms with Crippen LogP contribution in [0, 0.1) is 22.7 Å². The fourth-order valence-electron chi connectivity index (χ4n) is 1.81. The van der Waals surface area contributed by atoms with E-state index in [4.69, 9.17) is 10.5 Å². The molecule has 0 fully saturated rings. The first-order valence-electron chi connectivity index (χ1n) is 7.14. The summed E-state index contributed by atoms with van der Waals surface area (Å²) >= 11 is 0. The van der Waals surface area contributed by atoms with E-state index in [0.717, 1.165) is 5.69 Å². The van der Waals surface area contributed by atoms with Crippen LogP contribution in [0.25, 0.3) is 5.69 Å². The lowest BCUT2D eigenvalue weighted by Gasteiger charge is -2.06. The van der Waals surface area contributed by atoms with Crippen LogP contribution in [0.4, 0.5) is 5.69 Å². The van der Waals surface area contributed by atoms with Gasteiger partial charge in [0, 0.05) is 12.2 Å². The number of benzene rings is 1. The van der Waals surface area contributed by atoms with Crippen LogP contribution in [0.15, 0.2) is 41.6 Å². The maximum absolute atomic E-state index is 11.9. The molecular formula is C16H15N7O. The van der Waals surface area contributed by atoms with Gasteiger partial charge in [-0.3, -0.25) is 10.2 Å². The van der Waals surface area contributed by atoms with Gasteiger partial charge in [0.1, 0.15) is 12.1 Å². The molecule has 0 atom stereocenters. The highest BCUT2D eigenvalue weighted by atomic mass is 16.2. The summed E-state index contributed by atoms with van der Waals surface area (Å²) in [5.41, 5.74) is 4.07. The van der Waals surface area contributed by atoms with E-state index in [-0.39, 0.29) is 17.7 Å². The Labute approximate surface area is 139 Å². The molecule has 120 valence electrons. The van der Waals surface area contributed by atoms with Crippen LogP contribution in [0.2, 0.25) is 0 Å². The summed E-state index contributed by atoms with van der Waals surface area (Å²) in [6.45, 7) is 3.76. The molecule has 8 nitrogen and oxygen atoms in total. The first-order chi connectivity index (χ1) is 11.5. The number of nitriles is 2. The van der Waals surface area contributed by atoms with Crippen molar-refractivity contribution in [3.05, 3.63) is 42.2 Å². The molecule has 0 saturated heterocycles. The molecule has 0 spiro atoms. The summed E-state index contributed by atoms with van der Waals surface area (Å²) in [6.07, 6.45) is 1.69. The fourth-order valence-corrected chi connectivity index (χ4v) is 1.81. The zero-order valence-electron chi connectivity index (χ0n) is 13.2. The number of hydrogen-bond donors (Lipinski definition) is 2. The van der Waals surface area contributed by atoms with Crippen molar-refractivity contribution in [1.82, 2.24) is 15.1 Å². The summed E-state index contributed by atoms with van der Waals surface area (Å²) in [5, 5.41) is 27.9. The molecule has 0 radical (unpaired) electrons. The van der Waals surface area contributed by atoms with Gasteiger partial charge in [-0.25, -0.2) is 4.68 Å². The van der Waals surface area contributed by atoms with Gasteiger partial charge in [0.05, 0.1) is 11.4 Å². The number of nitrogens with zero attached hydrogens (tertiary/aromatic N) is 5. The minimum Gasteiger partial charge on any atom is -0.348 e. The van der Waals surface area contributed by atoms with E-state index in [1.807, 2.05) is 13.8 Å². The second-order valence-corrected chi connectivity index (χ2v) is 5.12. The quantitative estimate of drug-likeness (QED) is 0.643. The molecule has 0 aliphatic rings. The Bertz CT molecular complexity index is 819. The average Bonchev–Trinajstić information content (AvgIpc) is 3.06. The zero-order valence-corrected chi connectivity index (χ0v) is 13.2. The SMILES string of the molecule is CC(C)NC(=O)c1ccn(-c2ccc(NN=C(C#N)C#N)cc2)n1. The van der Waals surface area contributed by atoms with Crippen molar-refractivity contribution in [2.45, 2.75) is 19.9 Å². The second kappa shape index (κ2) is 7.56. The van der Waals surface area contributed by atoms with Gasteiger partial charge in [-0.1, -0.05) is 0 Å². The Kier molecular flexibility index (Phi) is 5.27. The van der Waals surface area contributed by atoms with Crippen molar-refractivity contribution in [2.24, 2.45) is 5.10 Å². The van der Waals surface area contributed by atoms with Crippen LogP contribution in [0.5, 0.6) is 0 Å². The van der Waals surface area contributed by atoms with Gasteiger partial charge < -0.3 is 5.32 Å². The monoisotopic (exact) mass is 321 g/mol. The highest BCUT2D eigenvalue weighted by Gasteiger charge is 2.10. The lowest BCUT2D eigenvalue weighted by Crippen LogP contribution is -2.30. The molecule has 2 rings (SSSR count). The number of hydrazone groups is 1. The highest BCUT2D eigenvalue weighted by molar-refractivity contribution is 6.10. The number of carbonyl (C=O) groups is 1. The molecule has 0 aliphatic carbocycles. The Hall–Kier alpha value is -3.65. The zero-order chi connectivity index (χ0) is 17.5. The van der Waals surface area contributed by atoms with E-state index in [1.54, 1.807) is 53.3 Å². The number of anilines is 1. The van der Waals surface area contributed by atoms with E-state index in [1.165, 1.54) is 0 Å². The highest BCUT2D eigenvalue weighted by Crippen LogP contribution is 2.13. The number of nitrogens with one attached hydrogen (secondary N) is 2. The second-order valence-electron chi connectivity index (χ2n) is 5.12. The van der Waals surface area contributed by atoms with Crippen molar-refractivity contribution in [1.29, 1.82) is 10.5 Å². The molecule has 2 N–H and O–H groups in total. The molecule has 1 amide bonds. The van der Waals surface area contributed by atoms with Gasteiger partial charge in [0.15, 0.2) is 5.69 Å². The number of carbonyl (C=O) groups excluding carboxylic acids is 1. The van der Waals surface area contributed by atoms with Crippen LogP contribution in [-0.4, -0.2) is 27.4 Å². The van der Waals surface area contributed by atoms with E-state index in [9.17, 15) is 4.79 Å². The van der Waals surface area contributed by atoms with Gasteiger partial charge in [-0.05, 0) is 44.2 Å². The molecule has 0 unspecified atom stereocenters. The first kappa shape index (κ1) is 16.7. The average molecular weight is 321 g/mol. The predicted octanol–water partition coefficient (Wildman–Crippen LogP) is 1.83. The van der Waals surface area contributed by atoms with Crippen LogP contribution in [-0.2, 0) is 0 Å². The smallest absolute Gasteiger partial charge is 0.271 e. The van der Waals surface area contributed by atoms with Crippen molar-refractivity contribution in [3.63, 3.8) is 0 Å².